The molecule has 0 aliphatic rings. The number of fused-ring (bicyclic) bond motifs is 1. The van der Waals surface area contributed by atoms with Crippen LogP contribution in [0.3, 0.4) is 0 Å². The third-order valence-corrected chi connectivity index (χ3v) is 5.69. The molecular formula is C20H15ClN6O3S. The fourth-order valence-electron chi connectivity index (χ4n) is 2.93. The van der Waals surface area contributed by atoms with Crippen molar-refractivity contribution in [3.8, 4) is 5.69 Å². The molecule has 2 aromatic heterocycles. The van der Waals surface area contributed by atoms with E-state index < -0.39 is 4.92 Å². The van der Waals surface area contributed by atoms with Crippen LogP contribution in [0.1, 0.15) is 5.56 Å². The third kappa shape index (κ3) is 4.49. The fourth-order valence-corrected chi connectivity index (χ4v) is 3.82. The minimum Gasteiger partial charge on any atom is -0.325 e. The molecule has 9 nitrogen and oxygen atoms in total. The molecule has 4 aromatic rings. The topological polar surface area (TPSA) is 116 Å². The summed E-state index contributed by atoms with van der Waals surface area (Å²) in [6.45, 7) is 1.70. The maximum absolute atomic E-state index is 12.4. The predicted octanol–water partition coefficient (Wildman–Crippen LogP) is 4.42. The van der Waals surface area contributed by atoms with Crippen molar-refractivity contribution in [1.29, 1.82) is 0 Å². The lowest BCUT2D eigenvalue weighted by molar-refractivity contribution is -0.384. The van der Waals surface area contributed by atoms with Gasteiger partial charge in [0.1, 0.15) is 11.4 Å². The van der Waals surface area contributed by atoms with E-state index in [2.05, 4.69) is 20.4 Å². The lowest BCUT2D eigenvalue weighted by Gasteiger charge is -2.08. The molecule has 11 heteroatoms. The number of hydrogen-bond acceptors (Lipinski definition) is 7. The molecule has 4 rings (SSSR count). The number of thioether (sulfide) groups is 1. The van der Waals surface area contributed by atoms with E-state index >= 15 is 0 Å². The SMILES string of the molecule is Cc1cc([N+](=O)[O-])ccc1NC(=O)CSc1ncnc2c1cnn2-c1ccc(Cl)cc1. The van der Waals surface area contributed by atoms with Gasteiger partial charge in [0.2, 0.25) is 5.91 Å². The predicted molar refractivity (Wildman–Crippen MR) is 119 cm³/mol. The second-order valence-corrected chi connectivity index (χ2v) is 7.94. The molecule has 0 atom stereocenters. The molecule has 31 heavy (non-hydrogen) atoms. The zero-order valence-electron chi connectivity index (χ0n) is 16.2. The number of amides is 1. The molecule has 0 unspecified atom stereocenters. The van der Waals surface area contributed by atoms with E-state index in [9.17, 15) is 14.9 Å². The summed E-state index contributed by atoms with van der Waals surface area (Å²) < 4.78 is 1.68. The van der Waals surface area contributed by atoms with E-state index in [4.69, 9.17) is 11.6 Å². The first-order valence-corrected chi connectivity index (χ1v) is 10.4. The monoisotopic (exact) mass is 454 g/mol. The average Bonchev–Trinajstić information content (AvgIpc) is 3.19. The second kappa shape index (κ2) is 8.70. The molecule has 1 amide bonds. The Morgan fingerprint density at radius 3 is 2.71 bits per heavy atom. The molecule has 0 saturated carbocycles. The Morgan fingerprint density at radius 1 is 1.23 bits per heavy atom. The molecule has 0 bridgehead atoms. The molecular weight excluding hydrogens is 440 g/mol. The Hall–Kier alpha value is -3.50. The van der Waals surface area contributed by atoms with Gasteiger partial charge in [0.15, 0.2) is 5.65 Å². The summed E-state index contributed by atoms with van der Waals surface area (Å²) in [5.74, 6) is -0.145. The number of aromatic nitrogens is 4. The summed E-state index contributed by atoms with van der Waals surface area (Å²) in [5.41, 5.74) is 2.54. The molecule has 0 spiro atoms. The number of nitro groups is 1. The van der Waals surface area contributed by atoms with Crippen molar-refractivity contribution in [1.82, 2.24) is 19.7 Å². The highest BCUT2D eigenvalue weighted by atomic mass is 35.5. The summed E-state index contributed by atoms with van der Waals surface area (Å²) in [6, 6.07) is 11.5. The number of non-ortho nitro benzene ring substituents is 1. The molecule has 0 fully saturated rings. The minimum atomic E-state index is -0.473. The Labute approximate surface area is 185 Å². The Balaban J connectivity index is 1.49. The molecule has 156 valence electrons. The molecule has 2 heterocycles. The van der Waals surface area contributed by atoms with Gasteiger partial charge in [-0.25, -0.2) is 14.6 Å². The summed E-state index contributed by atoms with van der Waals surface area (Å²) in [7, 11) is 0. The van der Waals surface area contributed by atoms with Crippen molar-refractivity contribution in [3.63, 3.8) is 0 Å². The van der Waals surface area contributed by atoms with Crippen LogP contribution >= 0.6 is 23.4 Å². The number of carbonyl (C=O) groups excluding carboxylic acids is 1. The summed E-state index contributed by atoms with van der Waals surface area (Å²) in [4.78, 5) is 31.4. The van der Waals surface area contributed by atoms with Gasteiger partial charge in [-0.2, -0.15) is 5.10 Å². The number of carbonyl (C=O) groups is 1. The van der Waals surface area contributed by atoms with Crippen molar-refractivity contribution in [2.24, 2.45) is 0 Å². The van der Waals surface area contributed by atoms with E-state index in [1.165, 1.54) is 36.3 Å². The highest BCUT2D eigenvalue weighted by Crippen LogP contribution is 2.27. The maximum Gasteiger partial charge on any atom is 0.269 e. The zero-order valence-corrected chi connectivity index (χ0v) is 17.7. The van der Waals surface area contributed by atoms with Gasteiger partial charge in [0.25, 0.3) is 5.69 Å². The van der Waals surface area contributed by atoms with E-state index in [-0.39, 0.29) is 17.3 Å². The lowest BCUT2D eigenvalue weighted by atomic mass is 10.2. The lowest BCUT2D eigenvalue weighted by Crippen LogP contribution is -2.15. The molecule has 0 aliphatic carbocycles. The summed E-state index contributed by atoms with van der Waals surface area (Å²) in [6.07, 6.45) is 3.09. The van der Waals surface area contributed by atoms with Crippen LogP contribution in [-0.4, -0.2) is 36.3 Å². The normalized spacial score (nSPS) is 10.9. The highest BCUT2D eigenvalue weighted by Gasteiger charge is 2.14. The summed E-state index contributed by atoms with van der Waals surface area (Å²) in [5, 5.41) is 20.0. The first kappa shape index (κ1) is 20.8. The number of nitrogens with one attached hydrogen (secondary N) is 1. The number of halogens is 1. The number of benzene rings is 2. The number of rotatable bonds is 6. The second-order valence-electron chi connectivity index (χ2n) is 6.54. The number of anilines is 1. The van der Waals surface area contributed by atoms with E-state index in [0.29, 0.717) is 26.9 Å². The molecule has 0 radical (unpaired) electrons. The van der Waals surface area contributed by atoms with E-state index in [0.717, 1.165) is 11.1 Å². The van der Waals surface area contributed by atoms with E-state index in [1.54, 1.807) is 29.9 Å². The number of aryl methyl sites for hydroxylation is 1. The van der Waals surface area contributed by atoms with Gasteiger partial charge in [-0.3, -0.25) is 14.9 Å². The Morgan fingerprint density at radius 2 is 2.00 bits per heavy atom. The number of nitrogens with zero attached hydrogens (tertiary/aromatic N) is 5. The van der Waals surface area contributed by atoms with Crippen molar-refractivity contribution in [3.05, 3.63) is 75.7 Å². The summed E-state index contributed by atoms with van der Waals surface area (Å²) >= 11 is 7.21. The van der Waals surface area contributed by atoms with Crippen LogP contribution in [0, 0.1) is 17.0 Å². The largest absolute Gasteiger partial charge is 0.325 e. The molecule has 2 aromatic carbocycles. The standard InChI is InChI=1S/C20H15ClN6O3S/c1-12-8-15(27(29)30)6-7-17(12)25-18(28)10-31-20-16-9-24-26(19(16)22-11-23-20)14-4-2-13(21)3-5-14/h2-9,11H,10H2,1H3,(H,25,28). The average molecular weight is 455 g/mol. The fraction of sp³-hybridized carbons (Fsp3) is 0.100. The van der Waals surface area contributed by atoms with Crippen LogP contribution in [0.5, 0.6) is 0 Å². The third-order valence-electron chi connectivity index (χ3n) is 4.44. The van der Waals surface area contributed by atoms with Crippen molar-refractivity contribution in [2.45, 2.75) is 11.9 Å². The van der Waals surface area contributed by atoms with Crippen LogP contribution in [0.25, 0.3) is 16.7 Å². The van der Waals surface area contributed by atoms with Crippen LogP contribution in [0.15, 0.2) is 60.0 Å². The van der Waals surface area contributed by atoms with E-state index in [1.807, 2.05) is 12.1 Å². The molecule has 0 saturated heterocycles. The van der Waals surface area contributed by atoms with Crippen LogP contribution < -0.4 is 5.32 Å². The van der Waals surface area contributed by atoms with Gasteiger partial charge in [-0.15, -0.1) is 0 Å². The minimum absolute atomic E-state index is 0.0223. The van der Waals surface area contributed by atoms with Crippen LogP contribution in [0.4, 0.5) is 11.4 Å². The van der Waals surface area contributed by atoms with Crippen molar-refractivity contribution in [2.75, 3.05) is 11.1 Å². The smallest absolute Gasteiger partial charge is 0.269 e. The Bertz CT molecular complexity index is 1290. The van der Waals surface area contributed by atoms with Gasteiger partial charge in [-0.05, 0) is 42.8 Å². The van der Waals surface area contributed by atoms with Gasteiger partial charge in [0.05, 0.1) is 27.9 Å². The van der Waals surface area contributed by atoms with Crippen molar-refractivity contribution >= 4 is 51.7 Å². The van der Waals surface area contributed by atoms with Crippen LogP contribution in [-0.2, 0) is 4.79 Å². The molecule has 0 aliphatic heterocycles. The van der Waals surface area contributed by atoms with Gasteiger partial charge < -0.3 is 5.32 Å². The van der Waals surface area contributed by atoms with Crippen LogP contribution in [0.2, 0.25) is 5.02 Å². The number of nitro benzene ring substituents is 1. The maximum atomic E-state index is 12.4. The first-order chi connectivity index (χ1) is 14.9. The molecule has 1 N–H and O–H groups in total. The zero-order chi connectivity index (χ0) is 22.0. The van der Waals surface area contributed by atoms with Gasteiger partial charge in [-0.1, -0.05) is 23.4 Å². The quantitative estimate of drug-likeness (QED) is 0.198. The number of hydrogen-bond donors (Lipinski definition) is 1. The van der Waals surface area contributed by atoms with Gasteiger partial charge >= 0.3 is 0 Å². The highest BCUT2D eigenvalue weighted by molar-refractivity contribution is 8.00. The Kier molecular flexibility index (Phi) is 5.83. The van der Waals surface area contributed by atoms with Crippen molar-refractivity contribution < 1.29 is 9.72 Å². The van der Waals surface area contributed by atoms with Gasteiger partial charge in [0, 0.05) is 22.8 Å². The first-order valence-electron chi connectivity index (χ1n) is 9.05.